The maximum absolute atomic E-state index is 12.9. The third-order valence-corrected chi connectivity index (χ3v) is 5.36. The van der Waals surface area contributed by atoms with Gasteiger partial charge in [-0.1, -0.05) is 63.6 Å². The van der Waals surface area contributed by atoms with Crippen LogP contribution in [0.1, 0.15) is 62.6 Å². The van der Waals surface area contributed by atoms with E-state index in [0.29, 0.717) is 11.4 Å². The lowest BCUT2D eigenvalue weighted by atomic mass is 9.92. The summed E-state index contributed by atoms with van der Waals surface area (Å²) < 4.78 is 4.70. The van der Waals surface area contributed by atoms with Crippen LogP contribution in [0.15, 0.2) is 42.5 Å². The molecule has 0 heterocycles. The predicted octanol–water partition coefficient (Wildman–Crippen LogP) is 4.57. The second-order valence-electron chi connectivity index (χ2n) is 8.63. The number of aryl methyl sites for hydroxylation is 1. The molecule has 7 heteroatoms. The van der Waals surface area contributed by atoms with Crippen LogP contribution in [-0.2, 0) is 23.9 Å². The van der Waals surface area contributed by atoms with E-state index in [2.05, 4.69) is 10.6 Å². The monoisotopic (exact) mass is 452 g/mol. The van der Waals surface area contributed by atoms with Gasteiger partial charge in [0.15, 0.2) is 0 Å². The lowest BCUT2D eigenvalue weighted by Crippen LogP contribution is -2.37. The van der Waals surface area contributed by atoms with Crippen molar-refractivity contribution in [2.75, 3.05) is 17.7 Å². The van der Waals surface area contributed by atoms with E-state index in [1.165, 1.54) is 0 Å². The molecule has 0 aliphatic rings. The number of benzene rings is 2. The third-order valence-electron chi connectivity index (χ3n) is 5.36. The van der Waals surface area contributed by atoms with E-state index in [4.69, 9.17) is 4.74 Å². The van der Waals surface area contributed by atoms with E-state index in [9.17, 15) is 19.2 Å². The molecule has 2 aromatic rings. The van der Waals surface area contributed by atoms with Crippen molar-refractivity contribution in [3.05, 3.63) is 59.2 Å². The van der Waals surface area contributed by atoms with Gasteiger partial charge in [0.05, 0.1) is 7.11 Å². The number of esters is 1. The van der Waals surface area contributed by atoms with Gasteiger partial charge in [-0.3, -0.25) is 19.2 Å². The van der Waals surface area contributed by atoms with Gasteiger partial charge in [-0.2, -0.15) is 0 Å². The number of Topliss-reactive ketones (excluding diaryl/α,β-unsaturated/α-hetero) is 1. The molecular weight excluding hydrogens is 420 g/mol. The van der Waals surface area contributed by atoms with Gasteiger partial charge in [0.25, 0.3) is 5.91 Å². The number of nitrogens with one attached hydrogen (secondary N) is 2. The second-order valence-corrected chi connectivity index (χ2v) is 8.63. The number of para-hydroxylation sites is 1. The molecule has 2 amide bonds. The van der Waals surface area contributed by atoms with Crippen LogP contribution >= 0.6 is 0 Å². The molecule has 0 aliphatic carbocycles. The average Bonchev–Trinajstić information content (AvgIpc) is 2.77. The van der Waals surface area contributed by atoms with E-state index >= 15 is 0 Å². The summed E-state index contributed by atoms with van der Waals surface area (Å²) in [5.74, 6) is -4.82. The van der Waals surface area contributed by atoms with Gasteiger partial charge >= 0.3 is 5.97 Å². The highest BCUT2D eigenvalue weighted by atomic mass is 16.5. The van der Waals surface area contributed by atoms with E-state index in [1.54, 1.807) is 12.1 Å². The van der Waals surface area contributed by atoms with Crippen molar-refractivity contribution in [1.82, 2.24) is 0 Å². The molecule has 0 unspecified atom stereocenters. The Bertz CT molecular complexity index is 999. The molecule has 2 N–H and O–H groups in total. The fourth-order valence-electron chi connectivity index (χ4n) is 3.49. The zero-order chi connectivity index (χ0) is 24.7. The molecule has 0 bridgehead atoms. The van der Waals surface area contributed by atoms with Crippen molar-refractivity contribution in [3.63, 3.8) is 0 Å². The van der Waals surface area contributed by atoms with Crippen LogP contribution < -0.4 is 10.6 Å². The van der Waals surface area contributed by atoms with Gasteiger partial charge in [0.1, 0.15) is 5.92 Å². The number of amides is 2. The minimum Gasteiger partial charge on any atom is -0.468 e. The smallest absolute Gasteiger partial charge is 0.317 e. The lowest BCUT2D eigenvalue weighted by molar-refractivity contribution is -0.153. The van der Waals surface area contributed by atoms with E-state index in [-0.39, 0.29) is 11.8 Å². The molecule has 0 radical (unpaired) electrons. The molecule has 1 atom stereocenters. The molecule has 2 rings (SSSR count). The van der Waals surface area contributed by atoms with Gasteiger partial charge in [0, 0.05) is 17.8 Å². The highest BCUT2D eigenvalue weighted by Gasteiger charge is 2.35. The molecule has 2 aromatic carbocycles. The molecule has 0 fully saturated rings. The average molecular weight is 453 g/mol. The molecule has 0 saturated heterocycles. The van der Waals surface area contributed by atoms with Crippen LogP contribution in [0.25, 0.3) is 0 Å². The van der Waals surface area contributed by atoms with E-state index in [1.807, 2.05) is 65.0 Å². The van der Waals surface area contributed by atoms with Crippen LogP contribution in [0.4, 0.5) is 11.4 Å². The minimum absolute atomic E-state index is 0.103. The number of hydrogen-bond donors (Lipinski definition) is 2. The van der Waals surface area contributed by atoms with Gasteiger partial charge in [-0.15, -0.1) is 0 Å². The van der Waals surface area contributed by atoms with Crippen molar-refractivity contribution in [3.8, 4) is 0 Å². The first-order chi connectivity index (χ1) is 15.5. The SMILES string of the molecule is COC(=O)[C@@H](CC(=O)Nc1ccc(C)cc1)C(=O)C(=O)Nc1c(C(C)C)cccc1C(C)C. The lowest BCUT2D eigenvalue weighted by Gasteiger charge is -2.20. The first kappa shape index (κ1) is 25.8. The fourth-order valence-corrected chi connectivity index (χ4v) is 3.49. The quantitative estimate of drug-likeness (QED) is 0.330. The maximum Gasteiger partial charge on any atom is 0.317 e. The highest BCUT2D eigenvalue weighted by Crippen LogP contribution is 2.32. The first-order valence-corrected chi connectivity index (χ1v) is 11.0. The fraction of sp³-hybridized carbons (Fsp3) is 0.385. The Morgan fingerprint density at radius 1 is 0.848 bits per heavy atom. The largest absolute Gasteiger partial charge is 0.468 e. The zero-order valence-electron chi connectivity index (χ0n) is 20.0. The van der Waals surface area contributed by atoms with E-state index < -0.39 is 35.9 Å². The number of carbonyl (C=O) groups excluding carboxylic acids is 4. The molecule has 7 nitrogen and oxygen atoms in total. The van der Waals surface area contributed by atoms with Gasteiger partial charge in [0.2, 0.25) is 11.7 Å². The van der Waals surface area contributed by atoms with Crippen molar-refractivity contribution < 1.29 is 23.9 Å². The molecular formula is C26H32N2O5. The summed E-state index contributed by atoms with van der Waals surface area (Å²) in [6.45, 7) is 9.87. The number of rotatable bonds is 9. The van der Waals surface area contributed by atoms with Crippen molar-refractivity contribution in [2.45, 2.75) is 52.9 Å². The Labute approximate surface area is 194 Å². The molecule has 176 valence electrons. The highest BCUT2D eigenvalue weighted by molar-refractivity contribution is 6.44. The van der Waals surface area contributed by atoms with Gasteiger partial charge in [-0.05, 0) is 42.0 Å². The maximum atomic E-state index is 12.9. The topological polar surface area (TPSA) is 102 Å². The molecule has 0 saturated carbocycles. The summed E-state index contributed by atoms with van der Waals surface area (Å²) in [4.78, 5) is 50.6. The summed E-state index contributed by atoms with van der Waals surface area (Å²) in [6.07, 6.45) is -0.504. The summed E-state index contributed by atoms with van der Waals surface area (Å²) in [5.41, 5.74) is 3.88. The summed E-state index contributed by atoms with van der Waals surface area (Å²) in [6, 6.07) is 12.8. The van der Waals surface area contributed by atoms with Crippen LogP contribution in [0.2, 0.25) is 0 Å². The molecule has 0 aliphatic heterocycles. The number of ketones is 1. The normalized spacial score (nSPS) is 11.8. The minimum atomic E-state index is -1.55. The van der Waals surface area contributed by atoms with Crippen LogP contribution in [0.5, 0.6) is 0 Å². The van der Waals surface area contributed by atoms with Crippen molar-refractivity contribution in [1.29, 1.82) is 0 Å². The van der Waals surface area contributed by atoms with Crippen LogP contribution in [-0.4, -0.2) is 30.7 Å². The third kappa shape index (κ3) is 6.75. The Morgan fingerprint density at radius 2 is 1.39 bits per heavy atom. The van der Waals surface area contributed by atoms with Crippen LogP contribution in [0.3, 0.4) is 0 Å². The Hall–Kier alpha value is -3.48. The summed E-state index contributed by atoms with van der Waals surface area (Å²) in [7, 11) is 1.11. The molecule has 0 spiro atoms. The number of carbonyl (C=O) groups is 4. The molecule has 0 aromatic heterocycles. The van der Waals surface area contributed by atoms with Crippen molar-refractivity contribution in [2.24, 2.45) is 5.92 Å². The molecule has 33 heavy (non-hydrogen) atoms. The Balaban J connectivity index is 2.24. The Kier molecular flexibility index (Phi) is 8.91. The standard InChI is InChI=1S/C26H32N2O5/c1-15(2)19-8-7-9-20(16(3)4)23(19)28-25(31)24(30)21(26(32)33-6)14-22(29)27-18-12-10-17(5)11-13-18/h7-13,15-16,21H,14H2,1-6H3,(H,27,29)(H,28,31)/t21-/m0/s1. The number of ether oxygens (including phenoxy) is 1. The van der Waals surface area contributed by atoms with Gasteiger partial charge in [-0.25, -0.2) is 0 Å². The Morgan fingerprint density at radius 3 is 1.88 bits per heavy atom. The predicted molar refractivity (Wildman–Crippen MR) is 128 cm³/mol. The summed E-state index contributed by atoms with van der Waals surface area (Å²) >= 11 is 0. The number of anilines is 2. The number of hydrogen-bond acceptors (Lipinski definition) is 5. The second kappa shape index (κ2) is 11.4. The summed E-state index contributed by atoms with van der Waals surface area (Å²) in [5, 5.41) is 5.34. The van der Waals surface area contributed by atoms with Gasteiger partial charge < -0.3 is 15.4 Å². The number of methoxy groups -OCH3 is 1. The van der Waals surface area contributed by atoms with E-state index in [0.717, 1.165) is 23.8 Å². The first-order valence-electron chi connectivity index (χ1n) is 11.0. The van der Waals surface area contributed by atoms with Crippen molar-refractivity contribution >= 4 is 34.9 Å². The van der Waals surface area contributed by atoms with Crippen LogP contribution in [0, 0.1) is 12.8 Å². The zero-order valence-corrected chi connectivity index (χ0v) is 20.0.